The molecule has 2 N–H and O–H groups in total. The Bertz CT molecular complexity index is 396. The first kappa shape index (κ1) is 11.0. The number of aromatic hydroxyl groups is 1. The first-order chi connectivity index (χ1) is 7.07. The van der Waals surface area contributed by atoms with Crippen LogP contribution in [0.25, 0.3) is 0 Å². The molecular formula is C9H8FNO4. The predicted octanol–water partition coefficient (Wildman–Crippen LogP) is 0.966. The lowest BCUT2D eigenvalue weighted by atomic mass is 10.1. The van der Waals surface area contributed by atoms with Crippen molar-refractivity contribution in [3.05, 3.63) is 29.6 Å². The van der Waals surface area contributed by atoms with Crippen LogP contribution >= 0.6 is 0 Å². The Morgan fingerprint density at radius 3 is 2.67 bits per heavy atom. The molecule has 0 saturated carbocycles. The summed E-state index contributed by atoms with van der Waals surface area (Å²) in [5.41, 5.74) is -1.18. The third kappa shape index (κ3) is 2.22. The number of hydrogen-bond donors (Lipinski definition) is 2. The summed E-state index contributed by atoms with van der Waals surface area (Å²) < 4.78 is 13.2. The van der Waals surface area contributed by atoms with E-state index in [1.54, 1.807) is 0 Å². The lowest BCUT2D eigenvalue weighted by Crippen LogP contribution is -2.16. The molecule has 5 nitrogen and oxygen atoms in total. The van der Waals surface area contributed by atoms with E-state index in [9.17, 15) is 14.3 Å². The SMILES string of the molecule is CON=C(C(=O)O)c1c(O)cccc1F. The maximum Gasteiger partial charge on any atom is 0.358 e. The molecule has 0 aromatic heterocycles. The number of halogens is 1. The van der Waals surface area contributed by atoms with E-state index in [-0.39, 0.29) is 0 Å². The summed E-state index contributed by atoms with van der Waals surface area (Å²) >= 11 is 0. The molecule has 0 bridgehead atoms. The normalized spacial score (nSPS) is 11.2. The third-order valence-electron chi connectivity index (χ3n) is 1.61. The van der Waals surface area contributed by atoms with Crippen molar-refractivity contribution >= 4 is 11.7 Å². The highest BCUT2D eigenvalue weighted by atomic mass is 19.1. The summed E-state index contributed by atoms with van der Waals surface area (Å²) in [6, 6.07) is 3.43. The van der Waals surface area contributed by atoms with Crippen molar-refractivity contribution in [2.75, 3.05) is 7.11 Å². The molecule has 0 fully saturated rings. The van der Waals surface area contributed by atoms with Gasteiger partial charge in [-0.2, -0.15) is 0 Å². The molecule has 1 aromatic carbocycles. The number of carbonyl (C=O) groups is 1. The van der Waals surface area contributed by atoms with E-state index >= 15 is 0 Å². The van der Waals surface area contributed by atoms with Gasteiger partial charge in [0.25, 0.3) is 0 Å². The predicted molar refractivity (Wildman–Crippen MR) is 49.2 cm³/mol. The number of carboxylic acid groups (broad SMARTS) is 1. The molecule has 0 atom stereocenters. The summed E-state index contributed by atoms with van der Waals surface area (Å²) in [7, 11) is 1.13. The minimum Gasteiger partial charge on any atom is -0.507 e. The minimum absolute atomic E-state index is 0.494. The number of benzene rings is 1. The molecule has 1 aromatic rings. The maximum atomic E-state index is 13.2. The second-order valence-corrected chi connectivity index (χ2v) is 2.56. The Morgan fingerprint density at radius 1 is 1.53 bits per heavy atom. The highest BCUT2D eigenvalue weighted by molar-refractivity contribution is 6.43. The Kier molecular flexibility index (Phi) is 3.22. The minimum atomic E-state index is -1.49. The molecule has 0 unspecified atom stereocenters. The van der Waals surface area contributed by atoms with Gasteiger partial charge in [-0.1, -0.05) is 11.2 Å². The molecule has 0 aliphatic rings. The van der Waals surface area contributed by atoms with E-state index in [0.29, 0.717) is 0 Å². The summed E-state index contributed by atoms with van der Waals surface area (Å²) in [6.45, 7) is 0. The second-order valence-electron chi connectivity index (χ2n) is 2.56. The summed E-state index contributed by atoms with van der Waals surface area (Å²) in [5.74, 6) is -2.88. The van der Waals surface area contributed by atoms with Crippen molar-refractivity contribution in [1.82, 2.24) is 0 Å². The highest BCUT2D eigenvalue weighted by Crippen LogP contribution is 2.20. The van der Waals surface area contributed by atoms with Crippen LogP contribution in [0.1, 0.15) is 5.56 Å². The van der Waals surface area contributed by atoms with Gasteiger partial charge in [0.05, 0.1) is 5.56 Å². The molecule has 0 saturated heterocycles. The van der Waals surface area contributed by atoms with Gasteiger partial charge >= 0.3 is 5.97 Å². The lowest BCUT2D eigenvalue weighted by Gasteiger charge is -2.04. The fraction of sp³-hybridized carbons (Fsp3) is 0.111. The van der Waals surface area contributed by atoms with Crippen LogP contribution < -0.4 is 0 Å². The number of rotatable bonds is 3. The van der Waals surface area contributed by atoms with E-state index in [1.165, 1.54) is 6.07 Å². The molecule has 0 aliphatic carbocycles. The molecule has 0 heterocycles. The fourth-order valence-corrected chi connectivity index (χ4v) is 1.03. The number of aliphatic carboxylic acids is 1. The smallest absolute Gasteiger partial charge is 0.358 e. The largest absolute Gasteiger partial charge is 0.507 e. The number of phenolic OH excluding ortho intramolecular Hbond substituents is 1. The molecule has 0 aliphatic heterocycles. The molecule has 15 heavy (non-hydrogen) atoms. The average molecular weight is 213 g/mol. The van der Waals surface area contributed by atoms with Gasteiger partial charge in [-0.25, -0.2) is 9.18 Å². The maximum absolute atomic E-state index is 13.2. The van der Waals surface area contributed by atoms with Crippen molar-refractivity contribution in [1.29, 1.82) is 0 Å². The standard InChI is InChI=1S/C9H8FNO4/c1-15-11-8(9(13)14)7-5(10)3-2-4-6(7)12/h2-4,12H,1H3,(H,13,14). The van der Waals surface area contributed by atoms with E-state index in [0.717, 1.165) is 19.2 Å². The van der Waals surface area contributed by atoms with Crippen LogP contribution in [0.3, 0.4) is 0 Å². The zero-order chi connectivity index (χ0) is 11.4. The van der Waals surface area contributed by atoms with Gasteiger partial charge in [-0.3, -0.25) is 0 Å². The second kappa shape index (κ2) is 4.41. The zero-order valence-electron chi connectivity index (χ0n) is 7.77. The van der Waals surface area contributed by atoms with E-state index in [4.69, 9.17) is 5.11 Å². The lowest BCUT2D eigenvalue weighted by molar-refractivity contribution is -0.129. The number of carboxylic acids is 1. The van der Waals surface area contributed by atoms with Gasteiger partial charge < -0.3 is 15.1 Å². The van der Waals surface area contributed by atoms with Gasteiger partial charge in [0.2, 0.25) is 5.71 Å². The zero-order valence-corrected chi connectivity index (χ0v) is 7.77. The topological polar surface area (TPSA) is 79.1 Å². The van der Waals surface area contributed by atoms with Crippen molar-refractivity contribution in [2.24, 2.45) is 5.16 Å². The molecular weight excluding hydrogens is 205 g/mol. The molecule has 1 rings (SSSR count). The molecule has 80 valence electrons. The summed E-state index contributed by atoms with van der Waals surface area (Å²) in [6.07, 6.45) is 0. The van der Waals surface area contributed by atoms with E-state index < -0.39 is 28.8 Å². The quantitative estimate of drug-likeness (QED) is 0.579. The van der Waals surface area contributed by atoms with Crippen LogP contribution in [0.15, 0.2) is 23.4 Å². The summed E-state index contributed by atoms with van der Waals surface area (Å²) in [4.78, 5) is 15.0. The molecule has 0 spiro atoms. The Morgan fingerprint density at radius 2 is 2.20 bits per heavy atom. The first-order valence-corrected chi connectivity index (χ1v) is 3.90. The van der Waals surface area contributed by atoms with Crippen LogP contribution in [-0.4, -0.2) is 29.0 Å². The molecule has 0 radical (unpaired) electrons. The van der Waals surface area contributed by atoms with Gasteiger partial charge in [0, 0.05) is 0 Å². The third-order valence-corrected chi connectivity index (χ3v) is 1.61. The van der Waals surface area contributed by atoms with Crippen molar-refractivity contribution < 1.29 is 24.2 Å². The Labute approximate surface area is 84.4 Å². The fourth-order valence-electron chi connectivity index (χ4n) is 1.03. The van der Waals surface area contributed by atoms with Crippen LogP contribution in [0, 0.1) is 5.82 Å². The van der Waals surface area contributed by atoms with Gasteiger partial charge in [-0.15, -0.1) is 0 Å². The average Bonchev–Trinajstić information content (AvgIpc) is 2.15. The summed E-state index contributed by atoms with van der Waals surface area (Å²) in [5, 5.41) is 21.1. The van der Waals surface area contributed by atoms with Crippen LogP contribution in [-0.2, 0) is 9.63 Å². The van der Waals surface area contributed by atoms with Gasteiger partial charge in [0.1, 0.15) is 18.7 Å². The van der Waals surface area contributed by atoms with Crippen LogP contribution in [0.5, 0.6) is 5.75 Å². The Hall–Kier alpha value is -2.11. The number of hydrogen-bond acceptors (Lipinski definition) is 4. The highest BCUT2D eigenvalue weighted by Gasteiger charge is 2.21. The van der Waals surface area contributed by atoms with Crippen molar-refractivity contribution in [2.45, 2.75) is 0 Å². The molecule has 6 heteroatoms. The van der Waals surface area contributed by atoms with E-state index in [2.05, 4.69) is 9.99 Å². The van der Waals surface area contributed by atoms with Crippen molar-refractivity contribution in [3.63, 3.8) is 0 Å². The van der Waals surface area contributed by atoms with Crippen LogP contribution in [0.2, 0.25) is 0 Å². The molecule has 0 amide bonds. The number of oxime groups is 1. The number of nitrogens with zero attached hydrogens (tertiary/aromatic N) is 1. The monoisotopic (exact) mass is 213 g/mol. The van der Waals surface area contributed by atoms with Gasteiger partial charge in [-0.05, 0) is 12.1 Å². The van der Waals surface area contributed by atoms with Gasteiger partial charge in [0.15, 0.2) is 0 Å². The van der Waals surface area contributed by atoms with Crippen LogP contribution in [0.4, 0.5) is 4.39 Å². The van der Waals surface area contributed by atoms with E-state index in [1.807, 2.05) is 0 Å². The first-order valence-electron chi connectivity index (χ1n) is 3.90. The number of phenols is 1. The Balaban J connectivity index is 3.35. The van der Waals surface area contributed by atoms with Crippen molar-refractivity contribution in [3.8, 4) is 5.75 Å².